The second-order valence-corrected chi connectivity index (χ2v) is 3.96. The van der Waals surface area contributed by atoms with Gasteiger partial charge in [0, 0.05) is 18.6 Å². The Morgan fingerprint density at radius 1 is 1.17 bits per heavy atom. The number of hydrogen-bond acceptors (Lipinski definition) is 4. The molecule has 5 nitrogen and oxygen atoms in total. The standard InChI is InChI=1S/C12H7ClN4O/c13-12-10(14-4-5-15-12)11(18)8-7-16-9-3-1-2-6-17(8)9/h1-7H. The fraction of sp³-hybridized carbons (Fsp3) is 0. The zero-order valence-corrected chi connectivity index (χ0v) is 9.87. The molecule has 3 rings (SSSR count). The number of fused-ring (bicyclic) bond motifs is 1. The van der Waals surface area contributed by atoms with Crippen molar-refractivity contribution in [3.8, 4) is 0 Å². The Morgan fingerprint density at radius 3 is 2.83 bits per heavy atom. The van der Waals surface area contributed by atoms with Crippen molar-refractivity contribution in [1.82, 2.24) is 19.4 Å². The van der Waals surface area contributed by atoms with E-state index < -0.39 is 0 Å². The molecule has 6 heteroatoms. The molecule has 0 radical (unpaired) electrons. The quantitative estimate of drug-likeness (QED) is 0.660. The van der Waals surface area contributed by atoms with Gasteiger partial charge in [-0.05, 0) is 12.1 Å². The lowest BCUT2D eigenvalue weighted by atomic mass is 10.2. The molecule has 0 aliphatic heterocycles. The Labute approximate surface area is 107 Å². The van der Waals surface area contributed by atoms with E-state index in [1.165, 1.54) is 18.6 Å². The average Bonchev–Trinajstić information content (AvgIpc) is 2.82. The monoisotopic (exact) mass is 258 g/mol. The van der Waals surface area contributed by atoms with Gasteiger partial charge in [-0.25, -0.2) is 15.0 Å². The third kappa shape index (κ3) is 1.65. The second kappa shape index (κ2) is 4.19. The number of ketones is 1. The minimum Gasteiger partial charge on any atom is -0.297 e. The Balaban J connectivity index is 2.16. The summed E-state index contributed by atoms with van der Waals surface area (Å²) < 4.78 is 1.69. The van der Waals surface area contributed by atoms with Crippen molar-refractivity contribution in [3.05, 3.63) is 59.5 Å². The van der Waals surface area contributed by atoms with E-state index in [0.29, 0.717) is 11.3 Å². The molecule has 0 spiro atoms. The first-order chi connectivity index (χ1) is 8.77. The van der Waals surface area contributed by atoms with Crippen LogP contribution in [0.2, 0.25) is 5.15 Å². The number of pyridine rings is 1. The van der Waals surface area contributed by atoms with Crippen molar-refractivity contribution in [2.75, 3.05) is 0 Å². The third-order valence-corrected chi connectivity index (χ3v) is 2.79. The predicted octanol–water partition coefficient (Wildman–Crippen LogP) is 2.01. The van der Waals surface area contributed by atoms with E-state index in [0.717, 1.165) is 0 Å². The highest BCUT2D eigenvalue weighted by Crippen LogP contribution is 2.15. The van der Waals surface area contributed by atoms with Crippen LogP contribution in [0.15, 0.2) is 43.0 Å². The van der Waals surface area contributed by atoms with Gasteiger partial charge < -0.3 is 0 Å². The lowest BCUT2D eigenvalue weighted by molar-refractivity contribution is 0.102. The van der Waals surface area contributed by atoms with Crippen molar-refractivity contribution in [1.29, 1.82) is 0 Å². The maximum atomic E-state index is 12.3. The maximum Gasteiger partial charge on any atom is 0.232 e. The Kier molecular flexibility index (Phi) is 2.53. The van der Waals surface area contributed by atoms with Gasteiger partial charge in [-0.15, -0.1) is 0 Å². The van der Waals surface area contributed by atoms with Gasteiger partial charge in [0.25, 0.3) is 0 Å². The van der Waals surface area contributed by atoms with E-state index in [1.54, 1.807) is 10.6 Å². The van der Waals surface area contributed by atoms with Crippen LogP contribution < -0.4 is 0 Å². The molecule has 0 aliphatic carbocycles. The molecule has 0 fully saturated rings. The van der Waals surface area contributed by atoms with Crippen LogP contribution in [0.3, 0.4) is 0 Å². The number of rotatable bonds is 2. The topological polar surface area (TPSA) is 60.2 Å². The Hall–Kier alpha value is -2.27. The molecule has 0 aromatic carbocycles. The van der Waals surface area contributed by atoms with Crippen molar-refractivity contribution in [2.24, 2.45) is 0 Å². The number of imidazole rings is 1. The molecule has 18 heavy (non-hydrogen) atoms. The normalized spacial score (nSPS) is 10.7. The van der Waals surface area contributed by atoms with Gasteiger partial charge in [-0.3, -0.25) is 9.20 Å². The van der Waals surface area contributed by atoms with Crippen molar-refractivity contribution >= 4 is 23.0 Å². The molecular weight excluding hydrogens is 252 g/mol. The molecule has 0 atom stereocenters. The van der Waals surface area contributed by atoms with Crippen molar-refractivity contribution in [2.45, 2.75) is 0 Å². The van der Waals surface area contributed by atoms with Gasteiger partial charge in [0.05, 0.1) is 6.20 Å². The number of halogens is 1. The molecule has 0 aliphatic rings. The molecule has 0 saturated carbocycles. The van der Waals surface area contributed by atoms with Crippen molar-refractivity contribution < 1.29 is 4.79 Å². The minimum absolute atomic E-state index is 0.0911. The summed E-state index contributed by atoms with van der Waals surface area (Å²) in [5.74, 6) is -0.299. The zero-order valence-electron chi connectivity index (χ0n) is 9.12. The Morgan fingerprint density at radius 2 is 2.00 bits per heavy atom. The fourth-order valence-corrected chi connectivity index (χ4v) is 1.89. The van der Waals surface area contributed by atoms with Gasteiger partial charge in [0.1, 0.15) is 17.0 Å². The summed E-state index contributed by atoms with van der Waals surface area (Å²) >= 11 is 5.86. The molecule has 0 N–H and O–H groups in total. The first-order valence-electron chi connectivity index (χ1n) is 5.20. The van der Waals surface area contributed by atoms with E-state index in [4.69, 9.17) is 11.6 Å². The van der Waals surface area contributed by atoms with E-state index in [2.05, 4.69) is 15.0 Å². The molecule has 0 unspecified atom stereocenters. The average molecular weight is 259 g/mol. The van der Waals surface area contributed by atoms with E-state index >= 15 is 0 Å². The largest absolute Gasteiger partial charge is 0.297 e. The Bertz CT molecular complexity index is 738. The smallest absolute Gasteiger partial charge is 0.232 e. The van der Waals surface area contributed by atoms with Gasteiger partial charge >= 0.3 is 0 Å². The maximum absolute atomic E-state index is 12.3. The summed E-state index contributed by atoms with van der Waals surface area (Å²) in [6.07, 6.45) is 6.14. The van der Waals surface area contributed by atoms with Crippen LogP contribution in [0.4, 0.5) is 0 Å². The molecule has 3 heterocycles. The van der Waals surface area contributed by atoms with Crippen LogP contribution in [0, 0.1) is 0 Å². The number of carbonyl (C=O) groups is 1. The second-order valence-electron chi connectivity index (χ2n) is 3.60. The first-order valence-corrected chi connectivity index (χ1v) is 5.58. The summed E-state index contributed by atoms with van der Waals surface area (Å²) in [5, 5.41) is 0.0911. The molecule has 0 bridgehead atoms. The van der Waals surface area contributed by atoms with Gasteiger partial charge in [0.2, 0.25) is 5.78 Å². The zero-order chi connectivity index (χ0) is 12.5. The molecule has 3 aromatic rings. The van der Waals surface area contributed by atoms with Crippen LogP contribution in [0.5, 0.6) is 0 Å². The summed E-state index contributed by atoms with van der Waals surface area (Å²) in [6, 6.07) is 5.49. The van der Waals surface area contributed by atoms with Gasteiger partial charge in [-0.1, -0.05) is 17.7 Å². The summed E-state index contributed by atoms with van der Waals surface area (Å²) in [7, 11) is 0. The van der Waals surface area contributed by atoms with Crippen LogP contribution in [0.1, 0.15) is 16.2 Å². The van der Waals surface area contributed by atoms with E-state index in [-0.39, 0.29) is 16.6 Å². The lowest BCUT2D eigenvalue weighted by Crippen LogP contribution is -2.08. The van der Waals surface area contributed by atoms with Gasteiger partial charge in [0.15, 0.2) is 5.15 Å². The number of aromatic nitrogens is 4. The van der Waals surface area contributed by atoms with Crippen LogP contribution >= 0.6 is 11.6 Å². The lowest BCUT2D eigenvalue weighted by Gasteiger charge is -2.01. The van der Waals surface area contributed by atoms with Crippen LogP contribution in [-0.2, 0) is 0 Å². The number of hydrogen-bond donors (Lipinski definition) is 0. The summed E-state index contributed by atoms with van der Waals surface area (Å²) in [4.78, 5) is 24.2. The highest BCUT2D eigenvalue weighted by molar-refractivity contribution is 6.33. The number of nitrogens with zero attached hydrogens (tertiary/aromatic N) is 4. The number of carbonyl (C=O) groups excluding carboxylic acids is 1. The van der Waals surface area contributed by atoms with E-state index in [9.17, 15) is 4.79 Å². The van der Waals surface area contributed by atoms with E-state index in [1.807, 2.05) is 18.2 Å². The highest BCUT2D eigenvalue weighted by atomic mass is 35.5. The molecule has 3 aromatic heterocycles. The minimum atomic E-state index is -0.299. The summed E-state index contributed by atoms with van der Waals surface area (Å²) in [5.41, 5.74) is 1.23. The molecule has 0 saturated heterocycles. The van der Waals surface area contributed by atoms with Gasteiger partial charge in [-0.2, -0.15) is 0 Å². The van der Waals surface area contributed by atoms with Crippen molar-refractivity contribution in [3.63, 3.8) is 0 Å². The predicted molar refractivity (Wildman–Crippen MR) is 65.7 cm³/mol. The fourth-order valence-electron chi connectivity index (χ4n) is 1.70. The SMILES string of the molecule is O=C(c1nccnc1Cl)c1cnc2ccccn12. The third-order valence-electron chi connectivity index (χ3n) is 2.52. The summed E-state index contributed by atoms with van der Waals surface area (Å²) in [6.45, 7) is 0. The molecular formula is C12H7ClN4O. The molecule has 88 valence electrons. The first kappa shape index (κ1) is 10.9. The van der Waals surface area contributed by atoms with Crippen LogP contribution in [0.25, 0.3) is 5.65 Å². The highest BCUT2D eigenvalue weighted by Gasteiger charge is 2.18. The molecule has 0 amide bonds. The van der Waals surface area contributed by atoms with Crippen LogP contribution in [-0.4, -0.2) is 25.1 Å².